The lowest BCUT2D eigenvalue weighted by molar-refractivity contribution is 0.0955. The van der Waals surface area contributed by atoms with Gasteiger partial charge in [-0.25, -0.2) is 10.4 Å². The number of amides is 1. The lowest BCUT2D eigenvalue weighted by atomic mass is 10.2. The highest BCUT2D eigenvalue weighted by atomic mass is 32.2. The summed E-state index contributed by atoms with van der Waals surface area (Å²) in [5.74, 6) is 1.24. The number of hydrogen-bond donors (Lipinski definition) is 1. The molecule has 3 rings (SSSR count). The van der Waals surface area contributed by atoms with Crippen molar-refractivity contribution in [2.45, 2.75) is 11.3 Å². The van der Waals surface area contributed by atoms with Gasteiger partial charge in [-0.15, -0.1) is 16.4 Å². The third kappa shape index (κ3) is 2.83. The van der Waals surface area contributed by atoms with E-state index in [0.717, 1.165) is 10.0 Å². The number of aromatic nitrogens is 1. The van der Waals surface area contributed by atoms with Crippen LogP contribution in [-0.2, 0) is 0 Å². The Hall–Kier alpha value is -1.86. The van der Waals surface area contributed by atoms with Gasteiger partial charge in [-0.3, -0.25) is 4.79 Å². The number of nitrogens with one attached hydrogen (secondary N) is 1. The predicted molar refractivity (Wildman–Crippen MR) is 79.5 cm³/mol. The number of benzene rings is 1. The van der Waals surface area contributed by atoms with Gasteiger partial charge in [0.1, 0.15) is 5.75 Å². The molecule has 0 saturated carbocycles. The lowest BCUT2D eigenvalue weighted by Gasteiger charge is -2.06. The van der Waals surface area contributed by atoms with Gasteiger partial charge in [0.15, 0.2) is 4.34 Å². The first-order valence-electron chi connectivity index (χ1n) is 5.91. The summed E-state index contributed by atoms with van der Waals surface area (Å²) in [6, 6.07) is 7.08. The van der Waals surface area contributed by atoms with Gasteiger partial charge in [-0.2, -0.15) is 0 Å². The van der Waals surface area contributed by atoms with Gasteiger partial charge in [-0.1, -0.05) is 23.9 Å². The highest BCUT2D eigenvalue weighted by molar-refractivity contribution is 8.01. The predicted octanol–water partition coefficient (Wildman–Crippen LogP) is 2.68. The summed E-state index contributed by atoms with van der Waals surface area (Å²) >= 11 is 3.12. The van der Waals surface area contributed by atoms with E-state index < -0.39 is 0 Å². The quantitative estimate of drug-likeness (QED) is 0.886. The Kier molecular flexibility index (Phi) is 3.70. The Morgan fingerprint density at radius 3 is 3.05 bits per heavy atom. The first-order valence-corrected chi connectivity index (χ1v) is 7.77. The van der Waals surface area contributed by atoms with E-state index in [-0.39, 0.29) is 5.91 Å². The summed E-state index contributed by atoms with van der Waals surface area (Å²) < 4.78 is 6.63. The van der Waals surface area contributed by atoms with Crippen molar-refractivity contribution in [1.82, 2.24) is 10.4 Å². The normalized spacial score (nSPS) is 13.8. The van der Waals surface area contributed by atoms with Crippen LogP contribution in [0, 0.1) is 6.92 Å². The van der Waals surface area contributed by atoms with E-state index in [1.165, 1.54) is 11.8 Å². The number of thioether (sulfide) groups is 1. The summed E-state index contributed by atoms with van der Waals surface area (Å²) in [5, 5.41) is 5.99. The van der Waals surface area contributed by atoms with Crippen LogP contribution in [0.1, 0.15) is 16.1 Å². The van der Waals surface area contributed by atoms with Gasteiger partial charge in [0.25, 0.3) is 5.91 Å². The molecule has 0 fully saturated rings. The maximum Gasteiger partial charge on any atom is 0.275 e. The fourth-order valence-electron chi connectivity index (χ4n) is 1.65. The first-order chi connectivity index (χ1) is 9.72. The Balaban J connectivity index is 1.73. The van der Waals surface area contributed by atoms with Crippen LogP contribution in [0.15, 0.2) is 39.1 Å². The van der Waals surface area contributed by atoms with E-state index in [0.29, 0.717) is 23.0 Å². The minimum absolute atomic E-state index is 0.259. The molecular formula is C13H11N3O2S2. The van der Waals surface area contributed by atoms with Gasteiger partial charge < -0.3 is 4.74 Å². The number of ether oxygens (including phenoxy) is 1. The Morgan fingerprint density at radius 1 is 1.40 bits per heavy atom. The van der Waals surface area contributed by atoms with Crippen LogP contribution in [0.4, 0.5) is 0 Å². The second-order valence-corrected chi connectivity index (χ2v) is 6.17. The number of carbonyl (C=O) groups is 1. The van der Waals surface area contributed by atoms with E-state index in [1.807, 2.05) is 18.4 Å². The molecule has 2 heterocycles. The van der Waals surface area contributed by atoms with E-state index in [2.05, 4.69) is 15.5 Å². The topological polar surface area (TPSA) is 63.6 Å². The molecule has 20 heavy (non-hydrogen) atoms. The molecule has 0 radical (unpaired) electrons. The minimum atomic E-state index is -0.259. The van der Waals surface area contributed by atoms with Crippen molar-refractivity contribution in [2.75, 3.05) is 5.75 Å². The number of hydrogen-bond acceptors (Lipinski definition) is 6. The second-order valence-electron chi connectivity index (χ2n) is 4.09. The number of nitrogens with zero attached hydrogens (tertiary/aromatic N) is 2. The smallest absolute Gasteiger partial charge is 0.275 e. The maximum atomic E-state index is 11.8. The highest BCUT2D eigenvalue weighted by Crippen LogP contribution is 2.25. The lowest BCUT2D eigenvalue weighted by Crippen LogP contribution is -2.18. The van der Waals surface area contributed by atoms with E-state index >= 15 is 0 Å². The molecule has 0 aliphatic carbocycles. The highest BCUT2D eigenvalue weighted by Gasteiger charge is 2.18. The van der Waals surface area contributed by atoms with Crippen molar-refractivity contribution in [1.29, 1.82) is 0 Å². The molecule has 0 bridgehead atoms. The van der Waals surface area contributed by atoms with Crippen LogP contribution < -0.4 is 10.2 Å². The van der Waals surface area contributed by atoms with E-state index in [1.54, 1.807) is 29.5 Å². The van der Waals surface area contributed by atoms with Crippen LogP contribution in [-0.4, -0.2) is 22.5 Å². The molecule has 0 unspecified atom stereocenters. The zero-order chi connectivity index (χ0) is 13.9. The van der Waals surface area contributed by atoms with Crippen molar-refractivity contribution in [3.8, 4) is 5.75 Å². The maximum absolute atomic E-state index is 11.8. The van der Waals surface area contributed by atoms with Crippen molar-refractivity contribution in [3.63, 3.8) is 0 Å². The third-order valence-electron chi connectivity index (χ3n) is 2.56. The fraction of sp³-hybridized carbons (Fsp3) is 0.154. The zero-order valence-corrected chi connectivity index (χ0v) is 12.3. The molecule has 0 atom stereocenters. The average molecular weight is 305 g/mol. The largest absolute Gasteiger partial charge is 0.440 e. The number of carbonyl (C=O) groups excluding carboxylic acids is 1. The van der Waals surface area contributed by atoms with Gasteiger partial charge in [0.2, 0.25) is 5.90 Å². The number of aryl methyl sites for hydroxylation is 1. The number of para-hydroxylation sites is 1. The Labute approximate surface area is 124 Å². The molecule has 1 N–H and O–H groups in total. The van der Waals surface area contributed by atoms with Crippen LogP contribution in [0.5, 0.6) is 5.75 Å². The number of thiazole rings is 1. The van der Waals surface area contributed by atoms with Gasteiger partial charge in [0.05, 0.1) is 11.3 Å². The van der Waals surface area contributed by atoms with Crippen molar-refractivity contribution < 1.29 is 9.53 Å². The molecule has 1 amide bonds. The minimum Gasteiger partial charge on any atom is -0.440 e. The molecule has 102 valence electrons. The fourth-order valence-corrected chi connectivity index (χ4v) is 3.34. The van der Waals surface area contributed by atoms with Crippen molar-refractivity contribution >= 4 is 34.9 Å². The van der Waals surface area contributed by atoms with Gasteiger partial charge in [-0.05, 0) is 19.1 Å². The molecule has 1 aromatic carbocycles. The number of hydrazone groups is 1. The number of fused-ring (bicyclic) bond motifs is 1. The molecule has 1 aliphatic heterocycles. The van der Waals surface area contributed by atoms with E-state index in [9.17, 15) is 4.79 Å². The molecule has 1 aliphatic rings. The molecule has 1 aromatic heterocycles. The molecule has 5 nitrogen and oxygen atoms in total. The average Bonchev–Trinajstić information content (AvgIpc) is 2.80. The van der Waals surface area contributed by atoms with Crippen molar-refractivity contribution in [3.05, 3.63) is 40.9 Å². The Bertz CT molecular complexity index is 682. The second kappa shape index (κ2) is 5.64. The number of rotatable bonds is 3. The summed E-state index contributed by atoms with van der Waals surface area (Å²) in [6.45, 7) is 1.96. The SMILES string of the molecule is Cc1csc(SCC2=NNC(=O)c3ccccc3O2)n1. The van der Waals surface area contributed by atoms with Crippen molar-refractivity contribution in [2.24, 2.45) is 5.10 Å². The molecule has 0 spiro atoms. The monoisotopic (exact) mass is 305 g/mol. The van der Waals surface area contributed by atoms with Crippen LogP contribution >= 0.6 is 23.1 Å². The first kappa shape index (κ1) is 13.1. The third-order valence-corrected chi connectivity index (χ3v) is 4.68. The standard InChI is InChI=1S/C13H11N3O2S2/c1-8-6-19-13(14-8)20-7-11-15-16-12(17)9-4-2-3-5-10(9)18-11/h2-6H,7H2,1H3,(H,16,17). The summed E-state index contributed by atoms with van der Waals surface area (Å²) in [7, 11) is 0. The molecule has 0 saturated heterocycles. The summed E-state index contributed by atoms with van der Waals surface area (Å²) in [6.07, 6.45) is 0. The van der Waals surface area contributed by atoms with Crippen LogP contribution in [0.25, 0.3) is 0 Å². The van der Waals surface area contributed by atoms with Crippen LogP contribution in [0.3, 0.4) is 0 Å². The molecular weight excluding hydrogens is 294 g/mol. The summed E-state index contributed by atoms with van der Waals surface area (Å²) in [5.41, 5.74) is 3.97. The van der Waals surface area contributed by atoms with Crippen LogP contribution in [0.2, 0.25) is 0 Å². The van der Waals surface area contributed by atoms with Gasteiger partial charge in [0, 0.05) is 11.1 Å². The van der Waals surface area contributed by atoms with Gasteiger partial charge >= 0.3 is 0 Å². The Morgan fingerprint density at radius 2 is 2.25 bits per heavy atom. The zero-order valence-electron chi connectivity index (χ0n) is 10.6. The molecule has 2 aromatic rings. The van der Waals surface area contributed by atoms with E-state index in [4.69, 9.17) is 4.74 Å². The molecule has 7 heteroatoms. The summed E-state index contributed by atoms with van der Waals surface area (Å²) in [4.78, 5) is 16.2.